The van der Waals surface area contributed by atoms with Crippen molar-refractivity contribution in [1.82, 2.24) is 4.57 Å². The van der Waals surface area contributed by atoms with Crippen LogP contribution >= 0.6 is 0 Å². The van der Waals surface area contributed by atoms with Crippen molar-refractivity contribution in [1.29, 1.82) is 0 Å². The zero-order chi connectivity index (χ0) is 7.56. The smallest absolute Gasteiger partial charge is 0.195 e. The van der Waals surface area contributed by atoms with Crippen molar-refractivity contribution in [2.24, 2.45) is 0 Å². The van der Waals surface area contributed by atoms with Gasteiger partial charge >= 0.3 is 0 Å². The Hall–Kier alpha value is -1.20. The van der Waals surface area contributed by atoms with Crippen LogP contribution in [-0.4, -0.2) is 20.0 Å². The minimum Gasteiger partial charge on any atom is -0.494 e. The van der Waals surface area contributed by atoms with Crippen LogP contribution in [0.5, 0.6) is 11.8 Å². The molecule has 0 aliphatic carbocycles. The standard InChI is InChI=1S/C5H7NO4/c7-4-1-2-5(8)6(4)3-10-9/h1-2,7-9H,3H2. The first-order valence-corrected chi connectivity index (χ1v) is 2.59. The second kappa shape index (κ2) is 2.59. The average molecular weight is 145 g/mol. The summed E-state index contributed by atoms with van der Waals surface area (Å²) in [5.74, 6) is -0.321. The molecule has 0 aliphatic heterocycles. The zero-order valence-electron chi connectivity index (χ0n) is 5.06. The van der Waals surface area contributed by atoms with Crippen LogP contribution in [-0.2, 0) is 11.6 Å². The first kappa shape index (κ1) is 6.91. The molecule has 0 aliphatic rings. The van der Waals surface area contributed by atoms with Crippen molar-refractivity contribution in [3.8, 4) is 11.8 Å². The number of nitrogens with zero attached hydrogens (tertiary/aromatic N) is 1. The van der Waals surface area contributed by atoms with E-state index in [-0.39, 0.29) is 18.5 Å². The summed E-state index contributed by atoms with van der Waals surface area (Å²) in [6.07, 6.45) is 0. The number of aromatic hydroxyl groups is 2. The van der Waals surface area contributed by atoms with Crippen molar-refractivity contribution in [3.05, 3.63) is 12.1 Å². The molecule has 5 nitrogen and oxygen atoms in total. The Morgan fingerprint density at radius 3 is 2.20 bits per heavy atom. The summed E-state index contributed by atoms with van der Waals surface area (Å²) in [4.78, 5) is 3.69. The summed E-state index contributed by atoms with van der Waals surface area (Å²) in [5.41, 5.74) is 0. The Bertz CT molecular complexity index is 200. The van der Waals surface area contributed by atoms with Crippen LogP contribution in [0.2, 0.25) is 0 Å². The minimum absolute atomic E-state index is 0.161. The number of aromatic nitrogens is 1. The highest BCUT2D eigenvalue weighted by Gasteiger charge is 2.03. The summed E-state index contributed by atoms with van der Waals surface area (Å²) in [5, 5.41) is 25.7. The molecule has 1 heterocycles. The van der Waals surface area contributed by atoms with Gasteiger partial charge in [-0.1, -0.05) is 0 Å². The third-order valence-corrected chi connectivity index (χ3v) is 1.12. The molecule has 0 radical (unpaired) electrons. The van der Waals surface area contributed by atoms with Gasteiger partial charge in [-0.25, -0.2) is 10.1 Å². The molecule has 1 aromatic heterocycles. The van der Waals surface area contributed by atoms with Gasteiger partial charge in [0.25, 0.3) is 0 Å². The van der Waals surface area contributed by atoms with Crippen LogP contribution in [0.25, 0.3) is 0 Å². The van der Waals surface area contributed by atoms with Gasteiger partial charge in [-0.05, 0) is 0 Å². The van der Waals surface area contributed by atoms with E-state index in [0.717, 1.165) is 4.57 Å². The van der Waals surface area contributed by atoms with E-state index in [2.05, 4.69) is 4.89 Å². The largest absolute Gasteiger partial charge is 0.494 e. The van der Waals surface area contributed by atoms with Crippen molar-refractivity contribution in [2.75, 3.05) is 0 Å². The van der Waals surface area contributed by atoms with Crippen LogP contribution in [0.15, 0.2) is 12.1 Å². The minimum atomic E-state index is -0.287. The molecule has 0 fully saturated rings. The lowest BCUT2D eigenvalue weighted by atomic mass is 10.6. The Labute approximate surface area is 56.6 Å². The fourth-order valence-corrected chi connectivity index (χ4v) is 0.636. The van der Waals surface area contributed by atoms with E-state index in [1.807, 2.05) is 0 Å². The third kappa shape index (κ3) is 1.04. The summed E-state index contributed by atoms with van der Waals surface area (Å²) in [6.45, 7) is -0.287. The first-order valence-electron chi connectivity index (χ1n) is 2.59. The van der Waals surface area contributed by atoms with Gasteiger partial charge in [-0.3, -0.25) is 4.57 Å². The molecule has 56 valence electrons. The van der Waals surface area contributed by atoms with E-state index >= 15 is 0 Å². The predicted octanol–water partition coefficient (Wildman–Crippen LogP) is 0.346. The summed E-state index contributed by atoms with van der Waals surface area (Å²) >= 11 is 0. The second-order valence-electron chi connectivity index (χ2n) is 1.74. The molecular weight excluding hydrogens is 138 g/mol. The summed E-state index contributed by atoms with van der Waals surface area (Å²) in [6, 6.07) is 2.57. The van der Waals surface area contributed by atoms with Crippen molar-refractivity contribution in [3.63, 3.8) is 0 Å². The van der Waals surface area contributed by atoms with Gasteiger partial charge in [0.15, 0.2) is 18.5 Å². The van der Waals surface area contributed by atoms with Gasteiger partial charge in [0, 0.05) is 12.1 Å². The lowest BCUT2D eigenvalue weighted by molar-refractivity contribution is -0.270. The maximum Gasteiger partial charge on any atom is 0.195 e. The van der Waals surface area contributed by atoms with E-state index < -0.39 is 0 Å². The van der Waals surface area contributed by atoms with E-state index in [4.69, 9.17) is 15.5 Å². The van der Waals surface area contributed by atoms with Crippen LogP contribution in [0.3, 0.4) is 0 Å². The molecule has 1 aromatic rings. The number of hydrogen-bond acceptors (Lipinski definition) is 4. The van der Waals surface area contributed by atoms with Crippen molar-refractivity contribution in [2.45, 2.75) is 6.73 Å². The Kier molecular flexibility index (Phi) is 1.79. The van der Waals surface area contributed by atoms with Crippen molar-refractivity contribution >= 4 is 0 Å². The lowest BCUT2D eigenvalue weighted by Crippen LogP contribution is -1.97. The van der Waals surface area contributed by atoms with Gasteiger partial charge in [0.1, 0.15) is 0 Å². The normalized spacial score (nSPS) is 10.1. The highest BCUT2D eigenvalue weighted by atomic mass is 17.1. The molecule has 0 saturated heterocycles. The van der Waals surface area contributed by atoms with Gasteiger partial charge in [0.2, 0.25) is 0 Å². The Balaban J connectivity index is 2.87. The lowest BCUT2D eigenvalue weighted by Gasteiger charge is -2.01. The average Bonchev–Trinajstić information content (AvgIpc) is 2.20. The third-order valence-electron chi connectivity index (χ3n) is 1.12. The number of rotatable bonds is 2. The molecule has 0 unspecified atom stereocenters. The topological polar surface area (TPSA) is 74.9 Å². The Morgan fingerprint density at radius 2 is 1.80 bits per heavy atom. The molecule has 0 amide bonds. The summed E-state index contributed by atoms with van der Waals surface area (Å²) < 4.78 is 0.986. The molecule has 0 spiro atoms. The summed E-state index contributed by atoms with van der Waals surface area (Å²) in [7, 11) is 0. The molecular formula is C5H7NO4. The van der Waals surface area contributed by atoms with Crippen LogP contribution in [0, 0.1) is 0 Å². The maximum absolute atomic E-state index is 8.87. The van der Waals surface area contributed by atoms with Crippen molar-refractivity contribution < 1.29 is 20.4 Å². The zero-order valence-corrected chi connectivity index (χ0v) is 5.06. The van der Waals surface area contributed by atoms with Crippen LogP contribution < -0.4 is 0 Å². The van der Waals surface area contributed by atoms with Gasteiger partial charge in [-0.15, -0.1) is 0 Å². The molecule has 3 N–H and O–H groups in total. The second-order valence-corrected chi connectivity index (χ2v) is 1.74. The first-order chi connectivity index (χ1) is 4.75. The molecule has 1 rings (SSSR count). The predicted molar refractivity (Wildman–Crippen MR) is 31.5 cm³/mol. The van der Waals surface area contributed by atoms with Gasteiger partial charge in [0.05, 0.1) is 0 Å². The quantitative estimate of drug-likeness (QED) is 0.414. The van der Waals surface area contributed by atoms with E-state index in [0.29, 0.717) is 0 Å². The number of hydrogen-bond donors (Lipinski definition) is 3. The Morgan fingerprint density at radius 1 is 1.30 bits per heavy atom. The highest BCUT2D eigenvalue weighted by Crippen LogP contribution is 2.19. The van der Waals surface area contributed by atoms with E-state index in [1.165, 1.54) is 12.1 Å². The maximum atomic E-state index is 8.87. The monoisotopic (exact) mass is 145 g/mol. The van der Waals surface area contributed by atoms with Crippen LogP contribution in [0.4, 0.5) is 0 Å². The highest BCUT2D eigenvalue weighted by molar-refractivity contribution is 5.23. The molecule has 0 saturated carbocycles. The molecule has 0 atom stereocenters. The van der Waals surface area contributed by atoms with E-state index in [1.54, 1.807) is 0 Å². The fraction of sp³-hybridized carbons (Fsp3) is 0.200. The molecule has 0 aromatic carbocycles. The van der Waals surface area contributed by atoms with E-state index in [9.17, 15) is 0 Å². The fourth-order valence-electron chi connectivity index (χ4n) is 0.636. The molecule has 5 heteroatoms. The van der Waals surface area contributed by atoms with Gasteiger partial charge in [-0.2, -0.15) is 0 Å². The molecule has 10 heavy (non-hydrogen) atoms. The van der Waals surface area contributed by atoms with Crippen LogP contribution in [0.1, 0.15) is 0 Å². The molecule has 0 bridgehead atoms. The SMILES string of the molecule is OOCn1c(O)ccc1O. The van der Waals surface area contributed by atoms with Gasteiger partial charge < -0.3 is 10.2 Å².